The molecule has 1 N–H and O–H groups in total. The van der Waals surface area contributed by atoms with Crippen molar-refractivity contribution < 1.29 is 5.11 Å². The molecule has 1 aromatic carbocycles. The molecule has 0 atom stereocenters. The van der Waals surface area contributed by atoms with Crippen LogP contribution < -0.4 is 0 Å². The van der Waals surface area contributed by atoms with E-state index < -0.39 is 0 Å². The number of phenolic OH excluding ortho intramolecular Hbond substituents is 1. The first kappa shape index (κ1) is 17.4. The van der Waals surface area contributed by atoms with Crippen LogP contribution in [0.25, 0.3) is 0 Å². The van der Waals surface area contributed by atoms with Crippen molar-refractivity contribution >= 4 is 11.8 Å². The average Bonchev–Trinajstić information content (AvgIpc) is 2.22. The van der Waals surface area contributed by atoms with Crippen molar-refractivity contribution in [2.75, 3.05) is 0 Å². The SMILES string of the molecule is Cc1cc(C)c(CSC(C)(C)CC(C)(C)C)c(C)c1O. The molecule has 0 radical (unpaired) electrons. The molecule has 0 spiro atoms. The van der Waals surface area contributed by atoms with Crippen molar-refractivity contribution in [3.8, 4) is 5.75 Å². The van der Waals surface area contributed by atoms with Crippen LogP contribution in [0.1, 0.15) is 63.3 Å². The predicted molar refractivity (Wildman–Crippen MR) is 91.8 cm³/mol. The van der Waals surface area contributed by atoms with E-state index in [0.29, 0.717) is 11.2 Å². The number of hydrogen-bond acceptors (Lipinski definition) is 2. The molecule has 114 valence electrons. The Morgan fingerprint density at radius 1 is 1.00 bits per heavy atom. The summed E-state index contributed by atoms with van der Waals surface area (Å²) in [7, 11) is 0. The number of rotatable bonds is 4. The molecular weight excluding hydrogens is 264 g/mol. The molecule has 20 heavy (non-hydrogen) atoms. The van der Waals surface area contributed by atoms with Crippen molar-refractivity contribution in [2.24, 2.45) is 5.41 Å². The van der Waals surface area contributed by atoms with E-state index in [1.54, 1.807) is 0 Å². The normalized spacial score (nSPS) is 12.8. The number of aromatic hydroxyl groups is 1. The number of hydrogen-bond donors (Lipinski definition) is 1. The van der Waals surface area contributed by atoms with E-state index in [1.165, 1.54) is 17.5 Å². The van der Waals surface area contributed by atoms with E-state index in [-0.39, 0.29) is 4.75 Å². The van der Waals surface area contributed by atoms with E-state index in [9.17, 15) is 5.11 Å². The summed E-state index contributed by atoms with van der Waals surface area (Å²) < 4.78 is 0.248. The molecule has 2 heteroatoms. The van der Waals surface area contributed by atoms with Crippen LogP contribution in [-0.4, -0.2) is 9.85 Å². The van der Waals surface area contributed by atoms with Gasteiger partial charge in [0.1, 0.15) is 5.75 Å². The smallest absolute Gasteiger partial charge is 0.121 e. The zero-order valence-electron chi connectivity index (χ0n) is 14.3. The Bertz CT molecular complexity index is 481. The van der Waals surface area contributed by atoms with Gasteiger partial charge in [0.25, 0.3) is 0 Å². The van der Waals surface area contributed by atoms with E-state index in [2.05, 4.69) is 47.6 Å². The molecule has 0 saturated heterocycles. The Morgan fingerprint density at radius 3 is 2.05 bits per heavy atom. The summed E-state index contributed by atoms with van der Waals surface area (Å²) in [6.45, 7) is 17.7. The molecule has 0 aliphatic rings. The second-order valence-electron chi connectivity index (χ2n) is 7.75. The molecule has 1 aromatic rings. The highest BCUT2D eigenvalue weighted by Crippen LogP contribution is 2.40. The Labute approximate surface area is 129 Å². The molecule has 1 rings (SSSR count). The van der Waals surface area contributed by atoms with Gasteiger partial charge in [-0.1, -0.05) is 40.7 Å². The number of aryl methyl sites for hydroxylation is 2. The molecule has 1 nitrogen and oxygen atoms in total. The second-order valence-corrected chi connectivity index (χ2v) is 9.43. The van der Waals surface area contributed by atoms with Gasteiger partial charge in [0.2, 0.25) is 0 Å². The summed E-state index contributed by atoms with van der Waals surface area (Å²) in [4.78, 5) is 0. The minimum absolute atomic E-state index is 0.248. The lowest BCUT2D eigenvalue weighted by Crippen LogP contribution is -2.23. The molecule has 0 aliphatic heterocycles. The minimum Gasteiger partial charge on any atom is -0.507 e. The van der Waals surface area contributed by atoms with Crippen LogP contribution in [-0.2, 0) is 5.75 Å². The van der Waals surface area contributed by atoms with E-state index in [0.717, 1.165) is 16.9 Å². The van der Waals surface area contributed by atoms with Crippen LogP contribution in [0, 0.1) is 26.2 Å². The summed E-state index contributed by atoms with van der Waals surface area (Å²) in [5.41, 5.74) is 4.94. The van der Waals surface area contributed by atoms with Gasteiger partial charge in [-0.3, -0.25) is 0 Å². The monoisotopic (exact) mass is 294 g/mol. The molecule has 0 fully saturated rings. The summed E-state index contributed by atoms with van der Waals surface area (Å²) >= 11 is 1.99. The van der Waals surface area contributed by atoms with Gasteiger partial charge in [-0.15, -0.1) is 0 Å². The highest BCUT2D eigenvalue weighted by molar-refractivity contribution is 7.99. The van der Waals surface area contributed by atoms with Crippen molar-refractivity contribution in [3.05, 3.63) is 28.3 Å². The second kappa shape index (κ2) is 6.01. The largest absolute Gasteiger partial charge is 0.507 e. The van der Waals surface area contributed by atoms with E-state index in [1.807, 2.05) is 25.6 Å². The van der Waals surface area contributed by atoms with Gasteiger partial charge in [0.05, 0.1) is 0 Å². The maximum atomic E-state index is 10.1. The third kappa shape index (κ3) is 4.73. The predicted octanol–water partition coefficient (Wildman–Crippen LogP) is 5.77. The van der Waals surface area contributed by atoms with Gasteiger partial charge in [0.15, 0.2) is 0 Å². The topological polar surface area (TPSA) is 20.2 Å². The lowest BCUT2D eigenvalue weighted by molar-refractivity contribution is 0.339. The first-order chi connectivity index (χ1) is 8.93. The van der Waals surface area contributed by atoms with Crippen molar-refractivity contribution in [1.82, 2.24) is 0 Å². The number of benzene rings is 1. The fraction of sp³-hybridized carbons (Fsp3) is 0.667. The lowest BCUT2D eigenvalue weighted by Gasteiger charge is -2.32. The first-order valence-corrected chi connectivity index (χ1v) is 8.34. The fourth-order valence-electron chi connectivity index (χ4n) is 3.03. The zero-order chi connectivity index (χ0) is 15.7. The first-order valence-electron chi connectivity index (χ1n) is 7.35. The third-order valence-corrected chi connectivity index (χ3v) is 5.01. The van der Waals surface area contributed by atoms with Crippen molar-refractivity contribution in [3.63, 3.8) is 0 Å². The average molecular weight is 295 g/mol. The quantitative estimate of drug-likeness (QED) is 0.761. The molecule has 0 saturated carbocycles. The van der Waals surface area contributed by atoms with E-state index in [4.69, 9.17) is 0 Å². The highest BCUT2D eigenvalue weighted by Gasteiger charge is 2.26. The van der Waals surface area contributed by atoms with Gasteiger partial charge in [-0.25, -0.2) is 0 Å². The third-order valence-electron chi connectivity index (χ3n) is 3.65. The molecule has 0 unspecified atom stereocenters. The Hall–Kier alpha value is -0.630. The summed E-state index contributed by atoms with van der Waals surface area (Å²) in [5, 5.41) is 10.1. The minimum atomic E-state index is 0.248. The number of phenols is 1. The Kier molecular flexibility index (Phi) is 5.23. The van der Waals surface area contributed by atoms with Gasteiger partial charge in [-0.05, 0) is 54.9 Å². The van der Waals surface area contributed by atoms with Crippen LogP contribution >= 0.6 is 11.8 Å². The molecular formula is C18H30OS. The highest BCUT2D eigenvalue weighted by atomic mass is 32.2. The van der Waals surface area contributed by atoms with E-state index >= 15 is 0 Å². The maximum Gasteiger partial charge on any atom is 0.121 e. The van der Waals surface area contributed by atoms with Crippen molar-refractivity contribution in [1.29, 1.82) is 0 Å². The maximum absolute atomic E-state index is 10.1. The zero-order valence-corrected chi connectivity index (χ0v) is 15.2. The van der Waals surface area contributed by atoms with Crippen LogP contribution in [0.3, 0.4) is 0 Å². The van der Waals surface area contributed by atoms with Crippen LogP contribution in [0.2, 0.25) is 0 Å². The van der Waals surface area contributed by atoms with Gasteiger partial charge < -0.3 is 5.11 Å². The fourth-order valence-corrected chi connectivity index (χ4v) is 4.55. The molecule has 0 amide bonds. The summed E-state index contributed by atoms with van der Waals surface area (Å²) in [5.74, 6) is 1.43. The Balaban J connectivity index is 2.88. The van der Waals surface area contributed by atoms with Crippen LogP contribution in [0.15, 0.2) is 6.07 Å². The molecule has 0 bridgehead atoms. The van der Waals surface area contributed by atoms with Crippen molar-refractivity contribution in [2.45, 2.75) is 72.3 Å². The van der Waals surface area contributed by atoms with Gasteiger partial charge in [0, 0.05) is 10.5 Å². The van der Waals surface area contributed by atoms with Crippen LogP contribution in [0.4, 0.5) is 0 Å². The lowest BCUT2D eigenvalue weighted by atomic mass is 9.86. The summed E-state index contributed by atoms with van der Waals surface area (Å²) in [6, 6.07) is 2.09. The molecule has 0 heterocycles. The number of thioether (sulfide) groups is 1. The Morgan fingerprint density at radius 2 is 1.55 bits per heavy atom. The standard InChI is InChI=1S/C18H30OS/c1-12-9-13(2)16(19)14(3)15(12)10-20-18(7,8)11-17(4,5)6/h9,19H,10-11H2,1-8H3. The van der Waals surface area contributed by atoms with Crippen LogP contribution in [0.5, 0.6) is 5.75 Å². The molecule has 0 aromatic heterocycles. The van der Waals surface area contributed by atoms with Gasteiger partial charge >= 0.3 is 0 Å². The molecule has 0 aliphatic carbocycles. The van der Waals surface area contributed by atoms with Gasteiger partial charge in [-0.2, -0.15) is 11.8 Å². The summed E-state index contributed by atoms with van der Waals surface area (Å²) in [6.07, 6.45) is 1.18.